The van der Waals surface area contributed by atoms with Crippen LogP contribution in [-0.2, 0) is 0 Å². The Hall–Kier alpha value is -1.74. The molecule has 0 radical (unpaired) electrons. The van der Waals surface area contributed by atoms with Gasteiger partial charge < -0.3 is 5.73 Å². The van der Waals surface area contributed by atoms with Crippen LogP contribution in [0.3, 0.4) is 0 Å². The average Bonchev–Trinajstić information content (AvgIpc) is 2.27. The van der Waals surface area contributed by atoms with Crippen LogP contribution in [0.5, 0.6) is 0 Å². The number of rotatable bonds is 2. The highest BCUT2D eigenvalue weighted by Gasteiger charge is 2.03. The molecule has 14 heavy (non-hydrogen) atoms. The minimum atomic E-state index is -0.0456. The van der Waals surface area contributed by atoms with E-state index in [1.54, 1.807) is 18.5 Å². The first kappa shape index (κ1) is 8.84. The number of hydrogen-bond acceptors (Lipinski definition) is 3. The SMILES string of the molecule is NCC(=O)c1ccc2ccncc2c1. The number of ketones is 1. The van der Waals surface area contributed by atoms with Crippen LogP contribution in [0.15, 0.2) is 36.7 Å². The summed E-state index contributed by atoms with van der Waals surface area (Å²) in [6.07, 6.45) is 3.47. The van der Waals surface area contributed by atoms with Gasteiger partial charge >= 0.3 is 0 Å². The summed E-state index contributed by atoms with van der Waals surface area (Å²) in [4.78, 5) is 15.3. The van der Waals surface area contributed by atoms with Gasteiger partial charge in [0.1, 0.15) is 0 Å². The molecule has 0 amide bonds. The van der Waals surface area contributed by atoms with Gasteiger partial charge in [-0.25, -0.2) is 0 Å². The number of nitrogens with zero attached hydrogens (tertiary/aromatic N) is 1. The number of Topliss-reactive ketones (excluding diaryl/α,β-unsaturated/α-hetero) is 1. The van der Waals surface area contributed by atoms with Gasteiger partial charge in [0.05, 0.1) is 6.54 Å². The fourth-order valence-electron chi connectivity index (χ4n) is 1.38. The second kappa shape index (κ2) is 3.55. The highest BCUT2D eigenvalue weighted by molar-refractivity contribution is 6.00. The molecule has 70 valence electrons. The van der Waals surface area contributed by atoms with Crippen molar-refractivity contribution in [2.45, 2.75) is 0 Å². The second-order valence-electron chi connectivity index (χ2n) is 3.06. The Morgan fingerprint density at radius 1 is 1.29 bits per heavy atom. The second-order valence-corrected chi connectivity index (χ2v) is 3.06. The van der Waals surface area contributed by atoms with E-state index in [-0.39, 0.29) is 12.3 Å². The molecular formula is C11H10N2O. The van der Waals surface area contributed by atoms with Gasteiger partial charge in [-0.3, -0.25) is 9.78 Å². The third-order valence-electron chi connectivity index (χ3n) is 2.15. The summed E-state index contributed by atoms with van der Waals surface area (Å²) in [7, 11) is 0. The molecule has 0 unspecified atom stereocenters. The van der Waals surface area contributed by atoms with Crippen molar-refractivity contribution in [3.63, 3.8) is 0 Å². The molecule has 2 rings (SSSR count). The predicted octanol–water partition coefficient (Wildman–Crippen LogP) is 1.38. The van der Waals surface area contributed by atoms with Crippen molar-refractivity contribution in [2.24, 2.45) is 5.73 Å². The number of carbonyl (C=O) groups excluding carboxylic acids is 1. The molecule has 3 nitrogen and oxygen atoms in total. The van der Waals surface area contributed by atoms with Crippen molar-refractivity contribution in [2.75, 3.05) is 6.54 Å². The Bertz CT molecular complexity index is 479. The summed E-state index contributed by atoms with van der Waals surface area (Å²) in [5.74, 6) is -0.0456. The quantitative estimate of drug-likeness (QED) is 0.721. The van der Waals surface area contributed by atoms with E-state index in [0.717, 1.165) is 10.8 Å². The minimum absolute atomic E-state index is 0.0456. The van der Waals surface area contributed by atoms with E-state index < -0.39 is 0 Å². The predicted molar refractivity (Wildman–Crippen MR) is 55.1 cm³/mol. The number of pyridine rings is 1. The van der Waals surface area contributed by atoms with Gasteiger partial charge in [0, 0.05) is 23.3 Å². The van der Waals surface area contributed by atoms with Crippen LogP contribution in [0.4, 0.5) is 0 Å². The van der Waals surface area contributed by atoms with Crippen molar-refractivity contribution < 1.29 is 4.79 Å². The van der Waals surface area contributed by atoms with Crippen LogP contribution in [-0.4, -0.2) is 17.3 Å². The number of benzene rings is 1. The normalized spacial score (nSPS) is 10.4. The van der Waals surface area contributed by atoms with E-state index in [1.807, 2.05) is 18.2 Å². The van der Waals surface area contributed by atoms with Gasteiger partial charge in [-0.05, 0) is 17.5 Å². The van der Waals surface area contributed by atoms with Gasteiger partial charge in [-0.15, -0.1) is 0 Å². The maximum Gasteiger partial charge on any atom is 0.176 e. The van der Waals surface area contributed by atoms with Crippen molar-refractivity contribution in [1.82, 2.24) is 4.98 Å². The van der Waals surface area contributed by atoms with Crippen molar-refractivity contribution >= 4 is 16.6 Å². The van der Waals surface area contributed by atoms with Crippen LogP contribution in [0.1, 0.15) is 10.4 Å². The minimum Gasteiger partial charge on any atom is -0.324 e. The molecule has 0 spiro atoms. The summed E-state index contributed by atoms with van der Waals surface area (Å²) in [5.41, 5.74) is 5.93. The lowest BCUT2D eigenvalue weighted by molar-refractivity contribution is 0.100. The summed E-state index contributed by atoms with van der Waals surface area (Å²) in [6, 6.07) is 7.42. The van der Waals surface area contributed by atoms with Gasteiger partial charge in [-0.1, -0.05) is 12.1 Å². The molecule has 0 bridgehead atoms. The van der Waals surface area contributed by atoms with Gasteiger partial charge in [-0.2, -0.15) is 0 Å². The van der Waals surface area contributed by atoms with E-state index in [0.29, 0.717) is 5.56 Å². The molecule has 3 heteroatoms. The molecule has 2 aromatic rings. The lowest BCUT2D eigenvalue weighted by Gasteiger charge is -2.00. The highest BCUT2D eigenvalue weighted by atomic mass is 16.1. The monoisotopic (exact) mass is 186 g/mol. The topological polar surface area (TPSA) is 56.0 Å². The number of hydrogen-bond donors (Lipinski definition) is 1. The summed E-state index contributed by atoms with van der Waals surface area (Å²) >= 11 is 0. The van der Waals surface area contributed by atoms with E-state index >= 15 is 0 Å². The van der Waals surface area contributed by atoms with Crippen LogP contribution in [0.2, 0.25) is 0 Å². The van der Waals surface area contributed by atoms with E-state index in [9.17, 15) is 4.79 Å². The Kier molecular flexibility index (Phi) is 2.24. The van der Waals surface area contributed by atoms with Crippen LogP contribution in [0, 0.1) is 0 Å². The standard InChI is InChI=1S/C11H10N2O/c12-6-11(14)9-2-1-8-3-4-13-7-10(8)5-9/h1-5,7H,6,12H2. The molecule has 1 aromatic carbocycles. The van der Waals surface area contributed by atoms with E-state index in [1.165, 1.54) is 0 Å². The summed E-state index contributed by atoms with van der Waals surface area (Å²) < 4.78 is 0. The summed E-state index contributed by atoms with van der Waals surface area (Å²) in [5, 5.41) is 2.04. The average molecular weight is 186 g/mol. The molecule has 0 aliphatic carbocycles. The maximum absolute atomic E-state index is 11.3. The van der Waals surface area contributed by atoms with Crippen molar-refractivity contribution in [3.05, 3.63) is 42.2 Å². The zero-order valence-electron chi connectivity index (χ0n) is 7.60. The third-order valence-corrected chi connectivity index (χ3v) is 2.15. The first-order valence-electron chi connectivity index (χ1n) is 4.38. The van der Waals surface area contributed by atoms with Gasteiger partial charge in [0.15, 0.2) is 5.78 Å². The fraction of sp³-hybridized carbons (Fsp3) is 0.0909. The highest BCUT2D eigenvalue weighted by Crippen LogP contribution is 2.14. The lowest BCUT2D eigenvalue weighted by atomic mass is 10.1. The summed E-state index contributed by atoms with van der Waals surface area (Å²) in [6.45, 7) is 0.0474. The Balaban J connectivity index is 2.56. The first-order valence-corrected chi connectivity index (χ1v) is 4.38. The molecule has 0 aliphatic rings. The zero-order valence-corrected chi connectivity index (χ0v) is 7.60. The number of nitrogens with two attached hydrogens (primary N) is 1. The smallest absolute Gasteiger partial charge is 0.176 e. The molecule has 0 aliphatic heterocycles. The first-order chi connectivity index (χ1) is 6.81. The lowest BCUT2D eigenvalue weighted by Crippen LogP contribution is -2.13. The number of carbonyl (C=O) groups is 1. The van der Waals surface area contributed by atoms with Crippen molar-refractivity contribution in [1.29, 1.82) is 0 Å². The Morgan fingerprint density at radius 3 is 2.93 bits per heavy atom. The molecule has 0 saturated heterocycles. The number of fused-ring (bicyclic) bond motifs is 1. The molecule has 2 N–H and O–H groups in total. The zero-order chi connectivity index (χ0) is 9.97. The van der Waals surface area contributed by atoms with E-state index in [2.05, 4.69) is 4.98 Å². The number of aromatic nitrogens is 1. The molecule has 1 aromatic heterocycles. The molecule has 0 atom stereocenters. The molecule has 1 heterocycles. The fourth-order valence-corrected chi connectivity index (χ4v) is 1.38. The van der Waals surface area contributed by atoms with Crippen molar-refractivity contribution in [3.8, 4) is 0 Å². The van der Waals surface area contributed by atoms with Crippen LogP contribution >= 0.6 is 0 Å². The Labute approximate surface area is 81.6 Å². The van der Waals surface area contributed by atoms with Crippen LogP contribution < -0.4 is 5.73 Å². The molecular weight excluding hydrogens is 176 g/mol. The maximum atomic E-state index is 11.3. The molecule has 0 fully saturated rings. The molecule has 0 saturated carbocycles. The van der Waals surface area contributed by atoms with Crippen LogP contribution in [0.25, 0.3) is 10.8 Å². The van der Waals surface area contributed by atoms with Gasteiger partial charge in [0.2, 0.25) is 0 Å². The van der Waals surface area contributed by atoms with Gasteiger partial charge in [0.25, 0.3) is 0 Å². The third kappa shape index (κ3) is 1.49. The largest absolute Gasteiger partial charge is 0.324 e. The van der Waals surface area contributed by atoms with E-state index in [4.69, 9.17) is 5.73 Å². The Morgan fingerprint density at radius 2 is 2.14 bits per heavy atom.